The number of carbonyl (C=O) groups is 1. The van der Waals surface area contributed by atoms with Gasteiger partial charge in [0.2, 0.25) is 5.91 Å². The number of carbonyl (C=O) groups excluding carboxylic acids is 1. The second-order valence-corrected chi connectivity index (χ2v) is 6.80. The number of nitrogens with zero attached hydrogens (tertiary/aromatic N) is 1. The molecule has 1 fully saturated rings. The Morgan fingerprint density at radius 1 is 1.15 bits per heavy atom. The lowest BCUT2D eigenvalue weighted by atomic mass is 9.95. The molecule has 1 N–H and O–H groups in total. The number of halogens is 1. The molecule has 0 saturated carbocycles. The van der Waals surface area contributed by atoms with E-state index in [0.717, 1.165) is 49.3 Å². The molecule has 0 radical (unpaired) electrons. The quantitative estimate of drug-likeness (QED) is 0.855. The topological polar surface area (TPSA) is 41.6 Å². The Hall–Kier alpha value is -2.24. The molecule has 0 atom stereocenters. The second-order valence-electron chi connectivity index (χ2n) is 6.80. The molecule has 0 aliphatic carbocycles. The number of amides is 1. The van der Waals surface area contributed by atoms with Crippen LogP contribution in [0.15, 0.2) is 48.5 Å². The molecule has 138 valence electrons. The van der Waals surface area contributed by atoms with Crippen LogP contribution < -0.4 is 5.32 Å². The van der Waals surface area contributed by atoms with Crippen LogP contribution in [0.4, 0.5) is 10.1 Å². The van der Waals surface area contributed by atoms with Crippen molar-refractivity contribution in [3.8, 4) is 0 Å². The molecule has 3 rings (SSSR count). The first kappa shape index (κ1) is 18.5. The highest BCUT2D eigenvalue weighted by molar-refractivity contribution is 5.92. The maximum absolute atomic E-state index is 13.0. The number of anilines is 1. The Balaban J connectivity index is 1.48. The zero-order chi connectivity index (χ0) is 18.4. The number of nitrogens with one attached hydrogen (secondary N) is 1. The fraction of sp³-hybridized carbons (Fsp3) is 0.381. The summed E-state index contributed by atoms with van der Waals surface area (Å²) in [4.78, 5) is 14.9. The van der Waals surface area contributed by atoms with Crippen LogP contribution in [0.3, 0.4) is 0 Å². The van der Waals surface area contributed by atoms with E-state index < -0.39 is 0 Å². The lowest BCUT2D eigenvalue weighted by Gasteiger charge is -2.31. The van der Waals surface area contributed by atoms with Crippen LogP contribution >= 0.6 is 0 Å². The van der Waals surface area contributed by atoms with Gasteiger partial charge in [-0.15, -0.1) is 0 Å². The minimum atomic E-state index is -0.210. The van der Waals surface area contributed by atoms with Crippen LogP contribution in [0.5, 0.6) is 0 Å². The van der Waals surface area contributed by atoms with E-state index in [1.807, 2.05) is 36.4 Å². The van der Waals surface area contributed by atoms with E-state index in [9.17, 15) is 9.18 Å². The first-order chi connectivity index (χ1) is 12.6. The third-order valence-electron chi connectivity index (χ3n) is 4.78. The summed E-state index contributed by atoms with van der Waals surface area (Å²) in [6.07, 6.45) is 1.68. The first-order valence-corrected chi connectivity index (χ1v) is 8.99. The van der Waals surface area contributed by atoms with Gasteiger partial charge in [0.05, 0.1) is 6.61 Å². The molecule has 26 heavy (non-hydrogen) atoms. The first-order valence-electron chi connectivity index (χ1n) is 8.99. The highest BCUT2D eigenvalue weighted by Crippen LogP contribution is 2.21. The predicted octanol–water partition coefficient (Wildman–Crippen LogP) is 3.82. The van der Waals surface area contributed by atoms with E-state index in [1.54, 1.807) is 7.11 Å². The number of methoxy groups -OCH3 is 1. The molecule has 1 amide bonds. The number of benzene rings is 2. The zero-order valence-electron chi connectivity index (χ0n) is 15.1. The molecule has 0 unspecified atom stereocenters. The van der Waals surface area contributed by atoms with Gasteiger partial charge in [0, 0.05) is 25.3 Å². The molecule has 5 heteroatoms. The van der Waals surface area contributed by atoms with Gasteiger partial charge in [-0.25, -0.2) is 4.39 Å². The highest BCUT2D eigenvalue weighted by Gasteiger charge is 2.25. The van der Waals surface area contributed by atoms with E-state index in [-0.39, 0.29) is 17.6 Å². The van der Waals surface area contributed by atoms with Gasteiger partial charge < -0.3 is 10.1 Å². The summed E-state index contributed by atoms with van der Waals surface area (Å²) in [6.45, 7) is 3.08. The van der Waals surface area contributed by atoms with Crippen molar-refractivity contribution in [3.05, 3.63) is 65.5 Å². The Labute approximate surface area is 154 Å². The fourth-order valence-corrected chi connectivity index (χ4v) is 3.35. The molecule has 0 bridgehead atoms. The van der Waals surface area contributed by atoms with Gasteiger partial charge >= 0.3 is 0 Å². The third kappa shape index (κ3) is 5.13. The van der Waals surface area contributed by atoms with Crippen molar-refractivity contribution < 1.29 is 13.9 Å². The van der Waals surface area contributed by atoms with E-state index in [4.69, 9.17) is 4.74 Å². The summed E-state index contributed by atoms with van der Waals surface area (Å²) < 4.78 is 18.1. The highest BCUT2D eigenvalue weighted by atomic mass is 19.1. The van der Waals surface area contributed by atoms with Gasteiger partial charge in [0.1, 0.15) is 5.82 Å². The summed E-state index contributed by atoms with van der Waals surface area (Å²) in [5.74, 6) is -0.0924. The summed E-state index contributed by atoms with van der Waals surface area (Å²) in [6, 6.07) is 14.4. The second kappa shape index (κ2) is 8.92. The van der Waals surface area contributed by atoms with Crippen LogP contribution in [0, 0.1) is 11.7 Å². The predicted molar refractivity (Wildman–Crippen MR) is 100 cm³/mol. The van der Waals surface area contributed by atoms with E-state index in [2.05, 4.69) is 10.2 Å². The molecule has 1 aliphatic rings. The van der Waals surface area contributed by atoms with Crippen molar-refractivity contribution in [2.24, 2.45) is 5.92 Å². The number of likely N-dealkylation sites (tertiary alicyclic amines) is 1. The minimum absolute atomic E-state index is 0.0329. The molecule has 1 heterocycles. The van der Waals surface area contributed by atoms with Gasteiger partial charge in [-0.3, -0.25) is 9.69 Å². The Morgan fingerprint density at radius 2 is 1.88 bits per heavy atom. The standard InChI is InChI=1S/C21H25FN2O2/c1-26-15-17-3-2-4-20(13-17)23-21(25)18-9-11-24(12-10-18)14-16-5-7-19(22)8-6-16/h2-8,13,18H,9-12,14-15H2,1H3,(H,23,25). The maximum Gasteiger partial charge on any atom is 0.227 e. The van der Waals surface area contributed by atoms with Crippen molar-refractivity contribution in [2.45, 2.75) is 26.0 Å². The average molecular weight is 356 g/mol. The lowest BCUT2D eigenvalue weighted by Crippen LogP contribution is -2.37. The van der Waals surface area contributed by atoms with Crippen molar-refractivity contribution in [1.82, 2.24) is 4.90 Å². The normalized spacial score (nSPS) is 15.8. The summed E-state index contributed by atoms with van der Waals surface area (Å²) >= 11 is 0. The maximum atomic E-state index is 13.0. The van der Waals surface area contributed by atoms with Crippen LogP contribution in [0.1, 0.15) is 24.0 Å². The van der Waals surface area contributed by atoms with Crippen LogP contribution in [-0.2, 0) is 22.7 Å². The molecule has 1 saturated heterocycles. The van der Waals surface area contributed by atoms with Gasteiger partial charge in [-0.05, 0) is 61.3 Å². The summed E-state index contributed by atoms with van der Waals surface area (Å²) in [5, 5.41) is 3.03. The molecule has 2 aromatic carbocycles. The van der Waals surface area contributed by atoms with Gasteiger partial charge in [0.25, 0.3) is 0 Å². The van der Waals surface area contributed by atoms with Gasteiger partial charge in [0.15, 0.2) is 0 Å². The Morgan fingerprint density at radius 3 is 2.58 bits per heavy atom. The number of hydrogen-bond acceptors (Lipinski definition) is 3. The largest absolute Gasteiger partial charge is 0.380 e. The number of ether oxygens (including phenoxy) is 1. The average Bonchev–Trinajstić information content (AvgIpc) is 2.65. The van der Waals surface area contributed by atoms with Crippen LogP contribution in [0.2, 0.25) is 0 Å². The SMILES string of the molecule is COCc1cccc(NC(=O)C2CCN(Cc3ccc(F)cc3)CC2)c1. The zero-order valence-corrected chi connectivity index (χ0v) is 15.1. The molecule has 0 aromatic heterocycles. The van der Waals surface area contributed by atoms with Crippen molar-refractivity contribution in [1.29, 1.82) is 0 Å². The van der Waals surface area contributed by atoms with Crippen molar-refractivity contribution in [3.63, 3.8) is 0 Å². The summed E-state index contributed by atoms with van der Waals surface area (Å²) in [7, 11) is 1.66. The molecular formula is C21H25FN2O2. The molecule has 2 aromatic rings. The molecule has 1 aliphatic heterocycles. The monoisotopic (exact) mass is 356 g/mol. The minimum Gasteiger partial charge on any atom is -0.380 e. The number of piperidine rings is 1. The summed E-state index contributed by atoms with van der Waals surface area (Å²) in [5.41, 5.74) is 2.96. The van der Waals surface area contributed by atoms with E-state index >= 15 is 0 Å². The molecule has 4 nitrogen and oxygen atoms in total. The molecule has 0 spiro atoms. The third-order valence-corrected chi connectivity index (χ3v) is 4.78. The van der Waals surface area contributed by atoms with Gasteiger partial charge in [-0.1, -0.05) is 24.3 Å². The fourth-order valence-electron chi connectivity index (χ4n) is 3.35. The van der Waals surface area contributed by atoms with Crippen molar-refractivity contribution >= 4 is 11.6 Å². The van der Waals surface area contributed by atoms with Crippen LogP contribution in [0.25, 0.3) is 0 Å². The Bertz CT molecular complexity index is 725. The lowest BCUT2D eigenvalue weighted by molar-refractivity contribution is -0.121. The molecular weight excluding hydrogens is 331 g/mol. The Kier molecular flexibility index (Phi) is 6.36. The van der Waals surface area contributed by atoms with Crippen LogP contribution in [-0.4, -0.2) is 31.0 Å². The smallest absolute Gasteiger partial charge is 0.227 e. The number of rotatable bonds is 6. The van der Waals surface area contributed by atoms with E-state index in [1.165, 1.54) is 12.1 Å². The van der Waals surface area contributed by atoms with Crippen molar-refractivity contribution in [2.75, 3.05) is 25.5 Å². The van der Waals surface area contributed by atoms with E-state index in [0.29, 0.717) is 6.61 Å². The number of hydrogen-bond donors (Lipinski definition) is 1. The van der Waals surface area contributed by atoms with Gasteiger partial charge in [-0.2, -0.15) is 0 Å².